The number of hydrogen-bond donors (Lipinski definition) is 1. The van der Waals surface area contributed by atoms with Crippen molar-refractivity contribution in [1.29, 1.82) is 0 Å². The molecule has 0 aromatic carbocycles. The summed E-state index contributed by atoms with van der Waals surface area (Å²) >= 11 is 0. The minimum absolute atomic E-state index is 0.512. The molecule has 1 N–H and O–H groups in total. The van der Waals surface area contributed by atoms with Crippen molar-refractivity contribution >= 4 is 8.07 Å². The Morgan fingerprint density at radius 1 is 1.05 bits per heavy atom. The number of hydrogen-bond acceptors (Lipinski definition) is 3. The summed E-state index contributed by atoms with van der Waals surface area (Å²) in [5, 5.41) is 11.1. The van der Waals surface area contributed by atoms with Gasteiger partial charge in [-0.05, 0) is 12.8 Å². The third-order valence-corrected chi connectivity index (χ3v) is 5.30. The lowest BCUT2D eigenvalue weighted by atomic mass is 9.62. The molecule has 0 aromatic heterocycles. The van der Waals surface area contributed by atoms with Crippen LogP contribution < -0.4 is 0 Å². The second-order valence-electron chi connectivity index (χ2n) is 7.29. The first kappa shape index (κ1) is 15.1. The van der Waals surface area contributed by atoms with Gasteiger partial charge in [0.2, 0.25) is 0 Å². The number of rotatable bonds is 0. The van der Waals surface area contributed by atoms with Crippen LogP contribution in [0.5, 0.6) is 0 Å². The van der Waals surface area contributed by atoms with Gasteiger partial charge in [-0.25, -0.2) is 0 Å². The summed E-state index contributed by atoms with van der Waals surface area (Å²) in [6.45, 7) is 11.8. The molecule has 1 aliphatic carbocycles. The second kappa shape index (κ2) is 4.59. The van der Waals surface area contributed by atoms with Crippen molar-refractivity contribution < 1.29 is 14.6 Å². The lowest BCUT2D eigenvalue weighted by Gasteiger charge is -2.53. The van der Waals surface area contributed by atoms with Gasteiger partial charge in [-0.15, -0.1) is 5.54 Å². The van der Waals surface area contributed by atoms with Crippen LogP contribution in [0.15, 0.2) is 0 Å². The van der Waals surface area contributed by atoms with Crippen LogP contribution >= 0.6 is 0 Å². The fraction of sp³-hybridized carbons (Fsp3) is 0.867. The van der Waals surface area contributed by atoms with E-state index < -0.39 is 24.9 Å². The number of ether oxygens (including phenoxy) is 2. The van der Waals surface area contributed by atoms with Gasteiger partial charge < -0.3 is 14.6 Å². The van der Waals surface area contributed by atoms with E-state index in [0.717, 1.165) is 12.8 Å². The monoisotopic (exact) mass is 282 g/mol. The minimum atomic E-state index is -1.50. The van der Waals surface area contributed by atoms with Gasteiger partial charge >= 0.3 is 0 Å². The van der Waals surface area contributed by atoms with Crippen LogP contribution in [-0.4, -0.2) is 37.8 Å². The first-order valence-electron chi connectivity index (χ1n) is 7.17. The Labute approximate surface area is 117 Å². The Balaban J connectivity index is 2.36. The molecule has 1 atom stereocenters. The molecule has 1 spiro atoms. The zero-order valence-electron chi connectivity index (χ0n) is 12.8. The Morgan fingerprint density at radius 2 is 1.63 bits per heavy atom. The predicted octanol–water partition coefficient (Wildman–Crippen LogP) is 2.55. The van der Waals surface area contributed by atoms with E-state index in [-0.39, 0.29) is 0 Å². The molecular weight excluding hydrogens is 256 g/mol. The molecule has 4 heteroatoms. The maximum absolute atomic E-state index is 11.1. The van der Waals surface area contributed by atoms with Gasteiger partial charge in [-0.2, -0.15) is 0 Å². The summed E-state index contributed by atoms with van der Waals surface area (Å²) in [4.78, 5) is 0. The lowest BCUT2D eigenvalue weighted by Crippen LogP contribution is -2.62. The predicted molar refractivity (Wildman–Crippen MR) is 78.3 cm³/mol. The highest BCUT2D eigenvalue weighted by Crippen LogP contribution is 2.53. The molecule has 19 heavy (non-hydrogen) atoms. The molecule has 2 fully saturated rings. The van der Waals surface area contributed by atoms with Gasteiger partial charge in [0.05, 0.1) is 18.6 Å². The summed E-state index contributed by atoms with van der Waals surface area (Å²) in [6.07, 6.45) is 2.43. The Hall–Kier alpha value is -0.343. The smallest absolute Gasteiger partial charge is 0.177 e. The molecule has 0 amide bonds. The van der Waals surface area contributed by atoms with E-state index in [2.05, 4.69) is 31.1 Å². The largest absolute Gasteiger partial charge is 0.377 e. The highest BCUT2D eigenvalue weighted by atomic mass is 28.3. The normalized spacial score (nSPS) is 32.9. The zero-order valence-corrected chi connectivity index (χ0v) is 13.8. The van der Waals surface area contributed by atoms with Crippen LogP contribution in [0.1, 0.15) is 33.1 Å². The standard InChI is InChI=1S/C15H26O3Si/c1-13(2)14(16,9-12-19(3,4)5)7-6-8-15(13)17-10-11-18-15/h16H,6-8,10-11H2,1-5H3. The van der Waals surface area contributed by atoms with Crippen molar-refractivity contribution in [1.82, 2.24) is 0 Å². The third-order valence-electron chi connectivity index (χ3n) is 4.43. The molecule has 1 saturated carbocycles. The van der Waals surface area contributed by atoms with E-state index in [1.165, 1.54) is 0 Å². The molecule has 1 unspecified atom stereocenters. The molecule has 108 valence electrons. The fourth-order valence-electron chi connectivity index (χ4n) is 2.99. The van der Waals surface area contributed by atoms with Crippen LogP contribution in [-0.2, 0) is 9.47 Å². The van der Waals surface area contributed by atoms with E-state index in [0.29, 0.717) is 19.6 Å². The topological polar surface area (TPSA) is 38.7 Å². The average molecular weight is 282 g/mol. The van der Waals surface area contributed by atoms with E-state index in [1.807, 2.05) is 13.8 Å². The molecule has 0 radical (unpaired) electrons. The molecule has 1 aliphatic heterocycles. The lowest BCUT2D eigenvalue weighted by molar-refractivity contribution is -0.288. The maximum atomic E-state index is 11.1. The van der Waals surface area contributed by atoms with Crippen molar-refractivity contribution in [3.8, 4) is 11.5 Å². The molecule has 2 rings (SSSR count). The molecule has 0 aromatic rings. The number of aliphatic hydroxyl groups is 1. The van der Waals surface area contributed by atoms with Gasteiger partial charge in [0.15, 0.2) is 5.79 Å². The average Bonchev–Trinajstić information content (AvgIpc) is 2.74. The molecule has 3 nitrogen and oxygen atoms in total. The van der Waals surface area contributed by atoms with Crippen LogP contribution in [0, 0.1) is 16.9 Å². The molecule has 0 bridgehead atoms. The van der Waals surface area contributed by atoms with Gasteiger partial charge in [0.1, 0.15) is 13.7 Å². The van der Waals surface area contributed by atoms with Gasteiger partial charge in [-0.3, -0.25) is 0 Å². The summed E-state index contributed by atoms with van der Waals surface area (Å²) in [6, 6.07) is 0. The summed E-state index contributed by atoms with van der Waals surface area (Å²) in [5.74, 6) is 2.53. The molecule has 2 aliphatic rings. The van der Waals surface area contributed by atoms with Crippen LogP contribution in [0.4, 0.5) is 0 Å². The van der Waals surface area contributed by atoms with Crippen molar-refractivity contribution in [2.75, 3.05) is 13.2 Å². The fourth-order valence-corrected chi connectivity index (χ4v) is 3.57. The van der Waals surface area contributed by atoms with E-state index >= 15 is 0 Å². The van der Waals surface area contributed by atoms with E-state index in [4.69, 9.17) is 9.47 Å². The first-order chi connectivity index (χ1) is 8.62. The minimum Gasteiger partial charge on any atom is -0.377 e. The Bertz CT molecular complexity index is 407. The highest BCUT2D eigenvalue weighted by molar-refractivity contribution is 6.83. The highest BCUT2D eigenvalue weighted by Gasteiger charge is 2.62. The summed E-state index contributed by atoms with van der Waals surface area (Å²) < 4.78 is 11.8. The van der Waals surface area contributed by atoms with Crippen LogP contribution in [0.25, 0.3) is 0 Å². The first-order valence-corrected chi connectivity index (χ1v) is 10.7. The van der Waals surface area contributed by atoms with Crippen molar-refractivity contribution in [3.05, 3.63) is 0 Å². The molecule has 1 heterocycles. The van der Waals surface area contributed by atoms with Gasteiger partial charge in [0.25, 0.3) is 0 Å². The summed E-state index contributed by atoms with van der Waals surface area (Å²) in [5.41, 5.74) is 1.79. The SMILES string of the molecule is CC1(C)C(O)(C#C[Si](C)(C)C)CCCC12OCCO2. The summed E-state index contributed by atoms with van der Waals surface area (Å²) in [7, 11) is -1.50. The molecular formula is C15H26O3Si. The van der Waals surface area contributed by atoms with E-state index in [1.54, 1.807) is 0 Å². The van der Waals surface area contributed by atoms with Crippen LogP contribution in [0.3, 0.4) is 0 Å². The van der Waals surface area contributed by atoms with Crippen LogP contribution in [0.2, 0.25) is 19.6 Å². The van der Waals surface area contributed by atoms with Crippen molar-refractivity contribution in [2.45, 2.75) is 64.1 Å². The third kappa shape index (κ3) is 2.49. The van der Waals surface area contributed by atoms with Gasteiger partial charge in [-0.1, -0.05) is 39.4 Å². The quantitative estimate of drug-likeness (QED) is 0.548. The van der Waals surface area contributed by atoms with Crippen molar-refractivity contribution in [3.63, 3.8) is 0 Å². The van der Waals surface area contributed by atoms with Gasteiger partial charge in [0, 0.05) is 6.42 Å². The zero-order chi connectivity index (χ0) is 14.4. The molecule has 1 saturated heterocycles. The Morgan fingerprint density at radius 3 is 2.16 bits per heavy atom. The van der Waals surface area contributed by atoms with E-state index in [9.17, 15) is 5.11 Å². The maximum Gasteiger partial charge on any atom is 0.177 e. The van der Waals surface area contributed by atoms with Crippen molar-refractivity contribution in [2.24, 2.45) is 5.41 Å². The second-order valence-corrected chi connectivity index (χ2v) is 12.0. The Kier molecular flexibility index (Phi) is 3.64.